The third kappa shape index (κ3) is 3.77. The molecule has 0 atom stereocenters. The molecule has 0 saturated carbocycles. The summed E-state index contributed by atoms with van der Waals surface area (Å²) in [4.78, 5) is 13.3. The molecule has 1 aliphatic rings. The van der Waals surface area contributed by atoms with E-state index in [4.69, 9.17) is 0 Å². The molecule has 1 aromatic carbocycles. The van der Waals surface area contributed by atoms with E-state index in [-0.39, 0.29) is 0 Å². The van der Waals surface area contributed by atoms with Crippen LogP contribution in [0.1, 0.15) is 5.56 Å². The van der Waals surface area contributed by atoms with Gasteiger partial charge in [-0.05, 0) is 24.3 Å². The van der Waals surface area contributed by atoms with Crippen molar-refractivity contribution in [2.24, 2.45) is 0 Å². The van der Waals surface area contributed by atoms with Gasteiger partial charge in [-0.1, -0.05) is 18.2 Å². The van der Waals surface area contributed by atoms with E-state index in [0.717, 1.165) is 32.0 Å². The third-order valence-electron chi connectivity index (χ3n) is 4.39. The molecule has 1 fully saturated rings. The Kier molecular flexibility index (Phi) is 4.74. The van der Waals surface area contributed by atoms with E-state index >= 15 is 0 Å². The second-order valence-corrected chi connectivity index (χ2v) is 6.09. The van der Waals surface area contributed by atoms with Crippen LogP contribution in [-0.4, -0.2) is 46.3 Å². The number of benzene rings is 1. The topological polar surface area (TPSA) is 93.9 Å². The van der Waals surface area contributed by atoms with E-state index in [9.17, 15) is 5.26 Å². The third-order valence-corrected chi connectivity index (χ3v) is 4.39. The van der Waals surface area contributed by atoms with Crippen molar-refractivity contribution in [2.75, 3.05) is 41.3 Å². The lowest BCUT2D eigenvalue weighted by Crippen LogP contribution is -2.47. The Morgan fingerprint density at radius 1 is 0.963 bits per heavy atom. The maximum Gasteiger partial charge on any atom is 0.247 e. The molecule has 0 radical (unpaired) electrons. The van der Waals surface area contributed by atoms with Gasteiger partial charge in [0.15, 0.2) is 5.82 Å². The number of hydrogen-bond donors (Lipinski definition) is 1. The van der Waals surface area contributed by atoms with E-state index in [1.54, 1.807) is 12.3 Å². The van der Waals surface area contributed by atoms with Crippen LogP contribution in [-0.2, 0) is 0 Å². The van der Waals surface area contributed by atoms with Crippen molar-refractivity contribution in [3.63, 3.8) is 0 Å². The van der Waals surface area contributed by atoms with Crippen LogP contribution in [0.5, 0.6) is 0 Å². The van der Waals surface area contributed by atoms with Crippen LogP contribution in [0.2, 0.25) is 0 Å². The molecule has 1 saturated heterocycles. The highest BCUT2D eigenvalue weighted by atomic mass is 15.4. The molecule has 0 bridgehead atoms. The lowest BCUT2D eigenvalue weighted by molar-refractivity contribution is 0.630. The number of para-hydroxylation sites is 1. The number of aromatic nitrogens is 4. The summed E-state index contributed by atoms with van der Waals surface area (Å²) in [5, 5.41) is 20.6. The zero-order valence-electron chi connectivity index (χ0n) is 14.7. The summed E-state index contributed by atoms with van der Waals surface area (Å²) in [6, 6.07) is 15.4. The smallest absolute Gasteiger partial charge is 0.247 e. The number of hydrogen-bond acceptors (Lipinski definition) is 8. The summed E-state index contributed by atoms with van der Waals surface area (Å²) in [6.07, 6.45) is 3.37. The number of pyridine rings is 1. The van der Waals surface area contributed by atoms with Crippen molar-refractivity contribution in [2.45, 2.75) is 0 Å². The van der Waals surface area contributed by atoms with Gasteiger partial charge in [-0.3, -0.25) is 0 Å². The van der Waals surface area contributed by atoms with Gasteiger partial charge in [0, 0.05) is 32.4 Å². The monoisotopic (exact) mass is 358 g/mol. The second kappa shape index (κ2) is 7.66. The molecule has 0 amide bonds. The normalized spacial score (nSPS) is 13.9. The number of nitriles is 1. The van der Waals surface area contributed by atoms with Gasteiger partial charge in [-0.15, -0.1) is 5.10 Å². The summed E-state index contributed by atoms with van der Waals surface area (Å²) in [6.45, 7) is 3.26. The Labute approximate surface area is 157 Å². The van der Waals surface area contributed by atoms with Crippen molar-refractivity contribution in [1.82, 2.24) is 20.2 Å². The molecule has 4 rings (SSSR count). The van der Waals surface area contributed by atoms with Gasteiger partial charge in [-0.2, -0.15) is 15.3 Å². The largest absolute Gasteiger partial charge is 0.353 e. The standard InChI is InChI=1S/C19H18N8/c20-13-15-5-1-2-6-16(15)23-17-14-22-25-19(24-17)27-11-9-26(10-12-27)18-7-3-4-8-21-18/h1-8,14H,9-12H2,(H,23,24,25). The number of nitrogens with one attached hydrogen (secondary N) is 1. The summed E-state index contributed by atoms with van der Waals surface area (Å²) in [5.74, 6) is 2.13. The fraction of sp³-hybridized carbons (Fsp3) is 0.211. The van der Waals surface area contributed by atoms with E-state index in [0.29, 0.717) is 23.0 Å². The highest BCUT2D eigenvalue weighted by molar-refractivity contribution is 5.64. The number of nitrogens with zero attached hydrogens (tertiary/aromatic N) is 7. The predicted octanol–water partition coefficient (Wildman–Crippen LogP) is 2.21. The van der Waals surface area contributed by atoms with Crippen molar-refractivity contribution in [3.05, 3.63) is 60.4 Å². The molecule has 3 aromatic rings. The molecule has 0 unspecified atom stereocenters. The van der Waals surface area contributed by atoms with Crippen LogP contribution in [0.25, 0.3) is 0 Å². The van der Waals surface area contributed by atoms with Gasteiger partial charge in [0.25, 0.3) is 0 Å². The SMILES string of the molecule is N#Cc1ccccc1Nc1cnnc(N2CCN(c3ccccn3)CC2)n1. The van der Waals surface area contributed by atoms with Gasteiger partial charge in [-0.25, -0.2) is 4.98 Å². The van der Waals surface area contributed by atoms with Crippen LogP contribution in [0.3, 0.4) is 0 Å². The minimum Gasteiger partial charge on any atom is -0.353 e. The van der Waals surface area contributed by atoms with Crippen molar-refractivity contribution in [3.8, 4) is 6.07 Å². The molecule has 8 nitrogen and oxygen atoms in total. The summed E-state index contributed by atoms with van der Waals surface area (Å²) in [7, 11) is 0. The van der Waals surface area contributed by atoms with Crippen molar-refractivity contribution in [1.29, 1.82) is 5.26 Å². The first-order valence-corrected chi connectivity index (χ1v) is 8.70. The first-order valence-electron chi connectivity index (χ1n) is 8.70. The molecule has 0 aliphatic carbocycles. The molecule has 8 heteroatoms. The first kappa shape index (κ1) is 16.7. The van der Waals surface area contributed by atoms with Crippen LogP contribution in [0.15, 0.2) is 54.9 Å². The Bertz CT molecular complexity index is 945. The molecule has 134 valence electrons. The first-order chi connectivity index (χ1) is 13.3. The lowest BCUT2D eigenvalue weighted by atomic mass is 10.2. The van der Waals surface area contributed by atoms with Crippen LogP contribution < -0.4 is 15.1 Å². The molecule has 3 heterocycles. The van der Waals surface area contributed by atoms with Gasteiger partial charge < -0.3 is 15.1 Å². The number of piperazine rings is 1. The second-order valence-electron chi connectivity index (χ2n) is 6.09. The van der Waals surface area contributed by atoms with Crippen molar-refractivity contribution < 1.29 is 0 Å². The maximum atomic E-state index is 9.22. The fourth-order valence-corrected chi connectivity index (χ4v) is 2.99. The van der Waals surface area contributed by atoms with Crippen molar-refractivity contribution >= 4 is 23.3 Å². The van der Waals surface area contributed by atoms with Crippen LogP contribution >= 0.6 is 0 Å². The van der Waals surface area contributed by atoms with Crippen LogP contribution in [0, 0.1) is 11.3 Å². The van der Waals surface area contributed by atoms with Crippen LogP contribution in [0.4, 0.5) is 23.3 Å². The average Bonchev–Trinajstić information content (AvgIpc) is 2.75. The van der Waals surface area contributed by atoms with E-state index in [2.05, 4.69) is 41.4 Å². The zero-order chi connectivity index (χ0) is 18.5. The average molecular weight is 358 g/mol. The molecular formula is C19H18N8. The zero-order valence-corrected chi connectivity index (χ0v) is 14.7. The molecule has 0 spiro atoms. The summed E-state index contributed by atoms with van der Waals surface area (Å²) >= 11 is 0. The minimum atomic E-state index is 0.557. The van der Waals surface area contributed by atoms with Gasteiger partial charge >= 0.3 is 0 Å². The van der Waals surface area contributed by atoms with Gasteiger partial charge in [0.2, 0.25) is 5.95 Å². The minimum absolute atomic E-state index is 0.557. The number of anilines is 4. The van der Waals surface area contributed by atoms with E-state index in [1.165, 1.54) is 0 Å². The van der Waals surface area contributed by atoms with E-state index < -0.39 is 0 Å². The Hall–Kier alpha value is -3.73. The molecule has 2 aromatic heterocycles. The number of rotatable bonds is 4. The van der Waals surface area contributed by atoms with Gasteiger partial charge in [0.1, 0.15) is 11.9 Å². The molecular weight excluding hydrogens is 340 g/mol. The Morgan fingerprint density at radius 2 is 1.74 bits per heavy atom. The summed E-state index contributed by atoms with van der Waals surface area (Å²) in [5.41, 5.74) is 1.26. The summed E-state index contributed by atoms with van der Waals surface area (Å²) < 4.78 is 0. The maximum absolute atomic E-state index is 9.22. The van der Waals surface area contributed by atoms with E-state index in [1.807, 2.05) is 42.6 Å². The molecule has 1 aliphatic heterocycles. The fourth-order valence-electron chi connectivity index (χ4n) is 2.99. The highest BCUT2D eigenvalue weighted by Gasteiger charge is 2.20. The molecule has 1 N–H and O–H groups in total. The highest BCUT2D eigenvalue weighted by Crippen LogP contribution is 2.20. The predicted molar refractivity (Wildman–Crippen MR) is 103 cm³/mol. The lowest BCUT2D eigenvalue weighted by Gasteiger charge is -2.35. The Morgan fingerprint density at radius 3 is 2.52 bits per heavy atom. The molecule has 27 heavy (non-hydrogen) atoms. The quantitative estimate of drug-likeness (QED) is 0.759. The van der Waals surface area contributed by atoms with Gasteiger partial charge in [0.05, 0.1) is 17.4 Å². The Balaban J connectivity index is 1.45.